The van der Waals surface area contributed by atoms with Gasteiger partial charge in [-0.2, -0.15) is 5.10 Å². The van der Waals surface area contributed by atoms with Crippen LogP contribution in [-0.2, 0) is 34.3 Å². The number of benzene rings is 1. The summed E-state index contributed by atoms with van der Waals surface area (Å²) in [6, 6.07) is 6.06. The SMILES string of the molecule is CC(=O)O.NS(=O)(=O)c1ccc(CNC(=O)c2n[nH]c3c2CCNC3)cc1. The van der Waals surface area contributed by atoms with Gasteiger partial charge in [0.05, 0.1) is 10.6 Å². The Labute approximate surface area is 156 Å². The van der Waals surface area contributed by atoms with E-state index in [1.54, 1.807) is 12.1 Å². The first-order valence-electron chi connectivity index (χ1n) is 8.04. The number of primary sulfonamides is 1. The van der Waals surface area contributed by atoms with Crippen molar-refractivity contribution in [3.05, 3.63) is 46.8 Å². The van der Waals surface area contributed by atoms with Crippen LogP contribution in [0.1, 0.15) is 34.2 Å². The highest BCUT2D eigenvalue weighted by Gasteiger charge is 2.21. The molecular formula is C16H21N5O5S. The van der Waals surface area contributed by atoms with Gasteiger partial charge in [-0.1, -0.05) is 12.1 Å². The molecule has 1 aromatic heterocycles. The monoisotopic (exact) mass is 395 g/mol. The zero-order valence-corrected chi connectivity index (χ0v) is 15.5. The number of aromatic nitrogens is 2. The van der Waals surface area contributed by atoms with E-state index in [0.29, 0.717) is 12.2 Å². The van der Waals surface area contributed by atoms with E-state index in [2.05, 4.69) is 20.8 Å². The van der Waals surface area contributed by atoms with Crippen molar-refractivity contribution in [1.29, 1.82) is 0 Å². The van der Waals surface area contributed by atoms with Crippen LogP contribution < -0.4 is 15.8 Å². The Morgan fingerprint density at radius 3 is 2.52 bits per heavy atom. The summed E-state index contributed by atoms with van der Waals surface area (Å²) in [6.07, 6.45) is 0.762. The molecule has 0 saturated heterocycles. The molecule has 146 valence electrons. The van der Waals surface area contributed by atoms with E-state index in [1.807, 2.05) is 0 Å². The number of rotatable bonds is 4. The third kappa shape index (κ3) is 5.88. The van der Waals surface area contributed by atoms with Gasteiger partial charge < -0.3 is 15.7 Å². The molecule has 0 atom stereocenters. The number of nitrogens with zero attached hydrogens (tertiary/aromatic N) is 1. The summed E-state index contributed by atoms with van der Waals surface area (Å²) >= 11 is 0. The summed E-state index contributed by atoms with van der Waals surface area (Å²) in [6.45, 7) is 2.87. The van der Waals surface area contributed by atoms with Crippen molar-refractivity contribution < 1.29 is 23.1 Å². The first-order valence-corrected chi connectivity index (χ1v) is 9.59. The van der Waals surface area contributed by atoms with E-state index >= 15 is 0 Å². The van der Waals surface area contributed by atoms with Crippen LogP contribution >= 0.6 is 0 Å². The summed E-state index contributed by atoms with van der Waals surface area (Å²) in [5.74, 6) is -1.08. The van der Waals surface area contributed by atoms with Gasteiger partial charge in [0.1, 0.15) is 0 Å². The van der Waals surface area contributed by atoms with Crippen molar-refractivity contribution in [2.24, 2.45) is 5.14 Å². The molecule has 0 aliphatic carbocycles. The first-order chi connectivity index (χ1) is 12.7. The highest BCUT2D eigenvalue weighted by Crippen LogP contribution is 2.15. The number of sulfonamides is 1. The molecule has 0 unspecified atom stereocenters. The summed E-state index contributed by atoms with van der Waals surface area (Å²) in [5.41, 5.74) is 3.09. The van der Waals surface area contributed by atoms with E-state index in [4.69, 9.17) is 15.0 Å². The number of carboxylic acid groups (broad SMARTS) is 1. The molecule has 0 radical (unpaired) electrons. The third-order valence-electron chi connectivity index (χ3n) is 3.73. The number of carbonyl (C=O) groups excluding carboxylic acids is 1. The van der Waals surface area contributed by atoms with Crippen molar-refractivity contribution in [3.63, 3.8) is 0 Å². The molecular weight excluding hydrogens is 374 g/mol. The second kappa shape index (κ2) is 8.75. The van der Waals surface area contributed by atoms with Gasteiger partial charge in [-0.25, -0.2) is 13.6 Å². The van der Waals surface area contributed by atoms with Gasteiger partial charge in [-0.05, 0) is 30.7 Å². The lowest BCUT2D eigenvalue weighted by molar-refractivity contribution is -0.134. The number of hydrogen-bond donors (Lipinski definition) is 5. The number of nitrogens with one attached hydrogen (secondary N) is 3. The molecule has 11 heteroatoms. The fourth-order valence-electron chi connectivity index (χ4n) is 2.49. The van der Waals surface area contributed by atoms with Crippen LogP contribution in [0.5, 0.6) is 0 Å². The highest BCUT2D eigenvalue weighted by atomic mass is 32.2. The normalized spacial score (nSPS) is 13.1. The number of amides is 1. The molecule has 1 aliphatic heterocycles. The Morgan fingerprint density at radius 2 is 1.93 bits per heavy atom. The molecule has 0 saturated carbocycles. The summed E-state index contributed by atoms with van der Waals surface area (Å²) in [5, 5.41) is 25.4. The fourth-order valence-corrected chi connectivity index (χ4v) is 3.01. The number of carbonyl (C=O) groups is 2. The Bertz CT molecular complexity index is 917. The molecule has 2 aromatic rings. The molecule has 2 heterocycles. The maximum absolute atomic E-state index is 12.2. The van der Waals surface area contributed by atoms with Gasteiger partial charge in [0.25, 0.3) is 11.9 Å². The van der Waals surface area contributed by atoms with Crippen molar-refractivity contribution >= 4 is 21.9 Å². The van der Waals surface area contributed by atoms with Gasteiger partial charge in [-0.15, -0.1) is 0 Å². The Kier molecular flexibility index (Phi) is 6.66. The number of fused-ring (bicyclic) bond motifs is 1. The molecule has 6 N–H and O–H groups in total. The summed E-state index contributed by atoms with van der Waals surface area (Å²) in [4.78, 5) is 21.3. The number of hydrogen-bond acceptors (Lipinski definition) is 6. The minimum absolute atomic E-state index is 0.0430. The number of aromatic amines is 1. The average Bonchev–Trinajstić information content (AvgIpc) is 3.03. The van der Waals surface area contributed by atoms with Gasteiger partial charge in [0, 0.05) is 25.6 Å². The van der Waals surface area contributed by atoms with Gasteiger partial charge >= 0.3 is 0 Å². The van der Waals surface area contributed by atoms with Crippen LogP contribution in [0.4, 0.5) is 0 Å². The maximum Gasteiger partial charge on any atom is 0.300 e. The van der Waals surface area contributed by atoms with E-state index in [9.17, 15) is 13.2 Å². The molecule has 1 amide bonds. The number of carboxylic acids is 1. The van der Waals surface area contributed by atoms with E-state index < -0.39 is 16.0 Å². The number of H-pyrrole nitrogens is 1. The lowest BCUT2D eigenvalue weighted by Crippen LogP contribution is -2.27. The maximum atomic E-state index is 12.2. The Balaban J connectivity index is 0.000000596. The Hall–Kier alpha value is -2.76. The zero-order valence-electron chi connectivity index (χ0n) is 14.7. The average molecular weight is 395 g/mol. The lowest BCUT2D eigenvalue weighted by Gasteiger charge is -2.12. The topological polar surface area (TPSA) is 167 Å². The van der Waals surface area contributed by atoms with Crippen LogP contribution in [0.3, 0.4) is 0 Å². The smallest absolute Gasteiger partial charge is 0.300 e. The van der Waals surface area contributed by atoms with Crippen LogP contribution in [0.25, 0.3) is 0 Å². The molecule has 1 aromatic carbocycles. The molecule has 1 aliphatic rings. The fraction of sp³-hybridized carbons (Fsp3) is 0.312. The molecule has 0 spiro atoms. The first kappa shape index (κ1) is 20.6. The molecule has 27 heavy (non-hydrogen) atoms. The van der Waals surface area contributed by atoms with E-state index in [0.717, 1.165) is 36.7 Å². The van der Waals surface area contributed by atoms with E-state index in [1.165, 1.54) is 12.1 Å². The Morgan fingerprint density at radius 1 is 1.30 bits per heavy atom. The second-order valence-electron chi connectivity index (χ2n) is 5.85. The molecule has 3 rings (SSSR count). The quantitative estimate of drug-likeness (QED) is 0.474. The minimum atomic E-state index is -3.70. The second-order valence-corrected chi connectivity index (χ2v) is 7.41. The lowest BCUT2D eigenvalue weighted by atomic mass is 10.1. The molecule has 10 nitrogen and oxygen atoms in total. The van der Waals surface area contributed by atoms with Crippen molar-refractivity contribution in [2.75, 3.05) is 6.54 Å². The summed E-state index contributed by atoms with van der Waals surface area (Å²) < 4.78 is 22.4. The number of nitrogens with two attached hydrogens (primary N) is 1. The van der Waals surface area contributed by atoms with Crippen molar-refractivity contribution in [2.45, 2.75) is 31.3 Å². The van der Waals surface area contributed by atoms with Gasteiger partial charge in [0.15, 0.2) is 5.69 Å². The summed E-state index contributed by atoms with van der Waals surface area (Å²) in [7, 11) is -3.70. The molecule has 0 fully saturated rings. The van der Waals surface area contributed by atoms with Crippen LogP contribution in [0.2, 0.25) is 0 Å². The third-order valence-corrected chi connectivity index (χ3v) is 4.66. The standard InChI is InChI=1S/C14H17N5O3S.C2H4O2/c15-23(21,22)10-3-1-9(2-4-10)7-17-14(20)13-11-5-6-16-8-12(11)18-19-13;1-2(3)4/h1-4,16H,5-8H2,(H,17,20)(H,18,19)(H2,15,21,22);1H3,(H,3,4). The van der Waals surface area contributed by atoms with Crippen LogP contribution in [-0.4, -0.2) is 42.1 Å². The van der Waals surface area contributed by atoms with Gasteiger partial charge in [-0.3, -0.25) is 14.7 Å². The predicted octanol–water partition coefficient (Wildman–Crippen LogP) is -0.276. The zero-order chi connectivity index (χ0) is 20.0. The molecule has 0 bridgehead atoms. The minimum Gasteiger partial charge on any atom is -0.481 e. The van der Waals surface area contributed by atoms with Crippen molar-refractivity contribution in [3.8, 4) is 0 Å². The van der Waals surface area contributed by atoms with E-state index in [-0.39, 0.29) is 17.3 Å². The van der Waals surface area contributed by atoms with Crippen LogP contribution in [0, 0.1) is 0 Å². The van der Waals surface area contributed by atoms with Gasteiger partial charge in [0.2, 0.25) is 10.0 Å². The van der Waals surface area contributed by atoms with Crippen LogP contribution in [0.15, 0.2) is 29.2 Å². The van der Waals surface area contributed by atoms with Crippen molar-refractivity contribution in [1.82, 2.24) is 20.8 Å². The largest absolute Gasteiger partial charge is 0.481 e. The predicted molar refractivity (Wildman–Crippen MR) is 96.3 cm³/mol. The highest BCUT2D eigenvalue weighted by molar-refractivity contribution is 7.89. The number of aliphatic carboxylic acids is 1.